The molecule has 1 atom stereocenters. The highest BCUT2D eigenvalue weighted by atomic mass is 16.5. The van der Waals surface area contributed by atoms with Crippen LogP contribution >= 0.6 is 0 Å². The summed E-state index contributed by atoms with van der Waals surface area (Å²) in [5.41, 5.74) is 14.4. The molecule has 244 valence electrons. The summed E-state index contributed by atoms with van der Waals surface area (Å²) in [5, 5.41) is 13.2. The van der Waals surface area contributed by atoms with Gasteiger partial charge in [-0.2, -0.15) is 5.26 Å². The quantitative estimate of drug-likeness (QED) is 0.204. The molecule has 0 amide bonds. The van der Waals surface area contributed by atoms with Gasteiger partial charge in [0.1, 0.15) is 17.7 Å². The number of hydrogen-bond donors (Lipinski definition) is 1. The Morgan fingerprint density at radius 3 is 1.75 bits per heavy atom. The van der Waals surface area contributed by atoms with E-state index in [-0.39, 0.29) is 6.17 Å². The molecule has 4 heteroatoms. The Kier molecular flexibility index (Phi) is 6.81. The van der Waals surface area contributed by atoms with E-state index >= 15 is 0 Å². The number of benzene rings is 7. The highest BCUT2D eigenvalue weighted by Crippen LogP contribution is 2.62. The summed E-state index contributed by atoms with van der Waals surface area (Å²) in [6.07, 6.45) is 1.94. The van der Waals surface area contributed by atoms with Crippen LogP contribution in [0.15, 0.2) is 181 Å². The lowest BCUT2D eigenvalue weighted by atomic mass is 9.65. The van der Waals surface area contributed by atoms with Crippen molar-refractivity contribution in [1.82, 2.24) is 5.32 Å². The van der Waals surface area contributed by atoms with Gasteiger partial charge in [-0.05, 0) is 87.0 Å². The predicted octanol–water partition coefficient (Wildman–Crippen LogP) is 10.8. The van der Waals surface area contributed by atoms with Crippen molar-refractivity contribution in [1.29, 1.82) is 5.26 Å². The fourth-order valence-corrected chi connectivity index (χ4v) is 8.24. The number of rotatable bonds is 4. The second-order valence-corrected chi connectivity index (χ2v) is 13.5. The van der Waals surface area contributed by atoms with Gasteiger partial charge in [-0.15, -0.1) is 0 Å². The average Bonchev–Trinajstić information content (AvgIpc) is 3.50. The summed E-state index contributed by atoms with van der Waals surface area (Å²) in [6.45, 7) is 0. The lowest BCUT2D eigenvalue weighted by Crippen LogP contribution is -2.32. The third kappa shape index (κ3) is 4.57. The lowest BCUT2D eigenvalue weighted by Gasteiger charge is -2.39. The largest absolute Gasteiger partial charge is 0.457 e. The summed E-state index contributed by atoms with van der Waals surface area (Å²) < 4.78 is 6.64. The molecule has 4 nitrogen and oxygen atoms in total. The van der Waals surface area contributed by atoms with Crippen molar-refractivity contribution < 1.29 is 4.74 Å². The Hall–Kier alpha value is -6.96. The van der Waals surface area contributed by atoms with Crippen LogP contribution in [0, 0.1) is 11.3 Å². The molecular formula is C48H31N3O. The number of allylic oxidation sites excluding steroid dienone is 1. The fourth-order valence-electron chi connectivity index (χ4n) is 8.24. The number of hydrogen-bond acceptors (Lipinski definition) is 4. The van der Waals surface area contributed by atoms with Gasteiger partial charge in [0.25, 0.3) is 0 Å². The van der Waals surface area contributed by atoms with Gasteiger partial charge in [-0.3, -0.25) is 4.99 Å². The zero-order chi connectivity index (χ0) is 34.6. The first-order valence-electron chi connectivity index (χ1n) is 17.5. The van der Waals surface area contributed by atoms with Crippen LogP contribution in [-0.2, 0) is 5.41 Å². The van der Waals surface area contributed by atoms with Gasteiger partial charge in [-0.25, -0.2) is 0 Å². The van der Waals surface area contributed by atoms with E-state index in [1.807, 2.05) is 48.5 Å². The molecule has 0 radical (unpaired) electrons. The average molecular weight is 666 g/mol. The summed E-state index contributed by atoms with van der Waals surface area (Å²) in [4.78, 5) is 5.34. The summed E-state index contributed by atoms with van der Waals surface area (Å²) in [5.74, 6) is 1.70. The Labute approximate surface area is 302 Å². The van der Waals surface area contributed by atoms with Crippen LogP contribution in [-0.4, -0.2) is 5.71 Å². The second kappa shape index (κ2) is 11.8. The predicted molar refractivity (Wildman–Crippen MR) is 207 cm³/mol. The van der Waals surface area contributed by atoms with E-state index in [4.69, 9.17) is 9.73 Å². The van der Waals surface area contributed by atoms with Crippen LogP contribution in [0.1, 0.15) is 50.7 Å². The monoisotopic (exact) mass is 665 g/mol. The van der Waals surface area contributed by atoms with Crippen LogP contribution in [0.5, 0.6) is 11.5 Å². The maximum Gasteiger partial charge on any atom is 0.145 e. The minimum Gasteiger partial charge on any atom is -0.457 e. The third-order valence-electron chi connectivity index (χ3n) is 10.6. The van der Waals surface area contributed by atoms with Crippen molar-refractivity contribution in [3.63, 3.8) is 0 Å². The Morgan fingerprint density at radius 1 is 0.538 bits per heavy atom. The van der Waals surface area contributed by atoms with Gasteiger partial charge in [-0.1, -0.05) is 133 Å². The van der Waals surface area contributed by atoms with Gasteiger partial charge in [0.15, 0.2) is 0 Å². The third-order valence-corrected chi connectivity index (χ3v) is 10.6. The molecule has 10 rings (SSSR count). The molecule has 1 aliphatic carbocycles. The first-order valence-corrected chi connectivity index (χ1v) is 17.5. The number of ether oxygens (including phenoxy) is 1. The summed E-state index contributed by atoms with van der Waals surface area (Å²) in [7, 11) is 0. The van der Waals surface area contributed by atoms with Crippen LogP contribution in [0.2, 0.25) is 0 Å². The SMILES string of the molecule is N#Cc1ccc(-c2ccc3c(c2)C2(c4ccccc4Oc4ccccc42)c2cc(C4=NC(c5ccccc5)NC(c5ccccc5)=C4)ccc2-3)cc1. The number of nitrogens with one attached hydrogen (secondary N) is 1. The number of para-hydroxylation sites is 2. The maximum absolute atomic E-state index is 9.46. The Morgan fingerprint density at radius 2 is 1.10 bits per heavy atom. The maximum atomic E-state index is 9.46. The first kappa shape index (κ1) is 29.9. The van der Waals surface area contributed by atoms with Crippen molar-refractivity contribution in [2.45, 2.75) is 11.6 Å². The zero-order valence-corrected chi connectivity index (χ0v) is 28.1. The topological polar surface area (TPSA) is 57.4 Å². The van der Waals surface area contributed by atoms with E-state index in [1.165, 1.54) is 22.3 Å². The van der Waals surface area contributed by atoms with Crippen LogP contribution in [0.3, 0.4) is 0 Å². The molecule has 0 saturated heterocycles. The number of aliphatic imine (C=N–C) groups is 1. The fraction of sp³-hybridized carbons (Fsp3) is 0.0417. The molecule has 1 N–H and O–H groups in total. The first-order chi connectivity index (χ1) is 25.7. The molecule has 0 bridgehead atoms. The number of fused-ring (bicyclic) bond motifs is 9. The molecule has 0 aromatic heterocycles. The van der Waals surface area contributed by atoms with Crippen LogP contribution in [0.25, 0.3) is 28.0 Å². The van der Waals surface area contributed by atoms with E-state index < -0.39 is 5.41 Å². The van der Waals surface area contributed by atoms with Crippen molar-refractivity contribution in [2.75, 3.05) is 0 Å². The lowest BCUT2D eigenvalue weighted by molar-refractivity contribution is 0.436. The smallest absolute Gasteiger partial charge is 0.145 e. The van der Waals surface area contributed by atoms with Gasteiger partial charge in [0, 0.05) is 22.4 Å². The molecule has 52 heavy (non-hydrogen) atoms. The van der Waals surface area contributed by atoms with Crippen molar-refractivity contribution >= 4 is 11.4 Å². The van der Waals surface area contributed by atoms with Crippen molar-refractivity contribution in [3.05, 3.63) is 220 Å². The Balaban J connectivity index is 1.22. The number of nitrogens with zero attached hydrogens (tertiary/aromatic N) is 2. The minimum absolute atomic E-state index is 0.240. The molecule has 1 unspecified atom stereocenters. The molecule has 0 fully saturated rings. The van der Waals surface area contributed by atoms with E-state index in [0.717, 1.165) is 61.9 Å². The molecule has 1 spiro atoms. The minimum atomic E-state index is -0.646. The van der Waals surface area contributed by atoms with E-state index in [0.29, 0.717) is 5.56 Å². The molecule has 2 heterocycles. The normalized spacial score (nSPS) is 15.8. The highest BCUT2D eigenvalue weighted by Gasteiger charge is 2.51. The summed E-state index contributed by atoms with van der Waals surface area (Å²) >= 11 is 0. The number of nitriles is 1. The van der Waals surface area contributed by atoms with Gasteiger partial charge >= 0.3 is 0 Å². The standard InChI is InChI=1S/C48H31N3O/c49-30-31-19-21-32(22-20-31)35-23-25-37-38-26-24-36(44-29-43(33-11-3-1-4-12-33)50-47(51-44)34-13-5-2-6-14-34)28-42(38)48(41(37)27-35)39-15-7-9-17-45(39)52-46-18-10-8-16-40(46)48/h1-29,47,50H. The van der Waals surface area contributed by atoms with E-state index in [1.54, 1.807) is 0 Å². The second-order valence-electron chi connectivity index (χ2n) is 13.5. The van der Waals surface area contributed by atoms with Gasteiger partial charge in [0.05, 0.1) is 22.8 Å². The molecule has 7 aromatic carbocycles. The molecule has 2 aliphatic heterocycles. The molecule has 7 aromatic rings. The Bertz CT molecular complexity index is 2590. The van der Waals surface area contributed by atoms with E-state index in [9.17, 15) is 5.26 Å². The van der Waals surface area contributed by atoms with Crippen molar-refractivity contribution in [3.8, 4) is 39.8 Å². The van der Waals surface area contributed by atoms with Crippen molar-refractivity contribution in [2.24, 2.45) is 4.99 Å². The zero-order valence-electron chi connectivity index (χ0n) is 28.1. The molecule has 3 aliphatic rings. The van der Waals surface area contributed by atoms with E-state index in [2.05, 4.69) is 139 Å². The van der Waals surface area contributed by atoms with Crippen LogP contribution < -0.4 is 10.1 Å². The highest BCUT2D eigenvalue weighted by molar-refractivity contribution is 6.13. The summed E-state index contributed by atoms with van der Waals surface area (Å²) in [6, 6.07) is 61.6. The van der Waals surface area contributed by atoms with Gasteiger partial charge in [0.2, 0.25) is 0 Å². The molecule has 0 saturated carbocycles. The van der Waals surface area contributed by atoms with Crippen LogP contribution in [0.4, 0.5) is 0 Å². The van der Waals surface area contributed by atoms with Gasteiger partial charge < -0.3 is 10.1 Å². The molecular weight excluding hydrogens is 635 g/mol.